The van der Waals surface area contributed by atoms with Gasteiger partial charge in [0.05, 0.1) is 5.52 Å². The Morgan fingerprint density at radius 1 is 1.17 bits per heavy atom. The first-order valence-corrected chi connectivity index (χ1v) is 10.3. The summed E-state index contributed by atoms with van der Waals surface area (Å²) in [4.78, 5) is 8.90. The minimum absolute atomic E-state index is 0.536. The molecule has 2 aromatic carbocycles. The van der Waals surface area contributed by atoms with Crippen LogP contribution in [-0.2, 0) is 6.54 Å². The number of fused-ring (bicyclic) bond motifs is 1. The third-order valence-corrected chi connectivity index (χ3v) is 4.10. The van der Waals surface area contributed by atoms with Crippen LogP contribution in [0.5, 0.6) is 0 Å². The van der Waals surface area contributed by atoms with Gasteiger partial charge < -0.3 is 11.1 Å². The fourth-order valence-corrected chi connectivity index (χ4v) is 2.59. The first-order valence-electron chi connectivity index (χ1n) is 6.90. The van der Waals surface area contributed by atoms with Gasteiger partial charge in [-0.1, -0.05) is 18.1 Å². The maximum atomic E-state index is 5.60. The highest BCUT2D eigenvalue weighted by atomic mass is 127. The zero-order valence-electron chi connectivity index (χ0n) is 12.1. The second-order valence-corrected chi connectivity index (χ2v) is 6.48. The van der Waals surface area contributed by atoms with Crippen LogP contribution in [0.2, 0.25) is 0 Å². The van der Waals surface area contributed by atoms with E-state index in [0.29, 0.717) is 12.5 Å². The lowest BCUT2D eigenvalue weighted by molar-refractivity contribution is 1.07. The van der Waals surface area contributed by atoms with E-state index >= 15 is 0 Å². The van der Waals surface area contributed by atoms with E-state index in [-0.39, 0.29) is 0 Å². The van der Waals surface area contributed by atoms with Crippen LogP contribution < -0.4 is 11.1 Å². The first-order chi connectivity index (χ1) is 11.3. The van der Waals surface area contributed by atoms with Crippen molar-refractivity contribution in [3.8, 4) is 11.2 Å². The molecule has 0 bridgehead atoms. The SMILES string of the molecule is NCc1ccc(Nc2ncc3cc(C#CSI)ccc3n2)cc1. The number of anilines is 2. The van der Waals surface area contributed by atoms with Crippen LogP contribution in [0.3, 0.4) is 0 Å². The summed E-state index contributed by atoms with van der Waals surface area (Å²) < 4.78 is 0. The van der Waals surface area contributed by atoms with E-state index in [2.05, 4.69) is 47.7 Å². The van der Waals surface area contributed by atoms with Gasteiger partial charge in [-0.2, -0.15) is 0 Å². The highest BCUT2D eigenvalue weighted by molar-refractivity contribution is 14.2. The van der Waals surface area contributed by atoms with E-state index in [0.717, 1.165) is 27.7 Å². The number of hydrogen-bond acceptors (Lipinski definition) is 5. The average Bonchev–Trinajstić information content (AvgIpc) is 2.60. The Bertz CT molecular complexity index is 884. The van der Waals surface area contributed by atoms with Crippen molar-refractivity contribution >= 4 is 52.7 Å². The smallest absolute Gasteiger partial charge is 0.227 e. The van der Waals surface area contributed by atoms with Gasteiger partial charge in [0.2, 0.25) is 5.95 Å². The molecule has 1 heterocycles. The summed E-state index contributed by atoms with van der Waals surface area (Å²) in [7, 11) is 1.47. The van der Waals surface area contributed by atoms with E-state index in [9.17, 15) is 0 Å². The van der Waals surface area contributed by atoms with Gasteiger partial charge in [-0.15, -0.1) is 0 Å². The number of hydrogen-bond donors (Lipinski definition) is 2. The molecule has 0 aliphatic rings. The van der Waals surface area contributed by atoms with Crippen LogP contribution in [0.15, 0.2) is 48.7 Å². The van der Waals surface area contributed by atoms with Gasteiger partial charge >= 0.3 is 0 Å². The molecule has 3 N–H and O–H groups in total. The van der Waals surface area contributed by atoms with Crippen molar-refractivity contribution in [2.75, 3.05) is 5.32 Å². The predicted octanol–water partition coefficient (Wildman–Crippen LogP) is 4.22. The average molecular weight is 432 g/mol. The van der Waals surface area contributed by atoms with Crippen LogP contribution in [-0.4, -0.2) is 9.97 Å². The molecule has 0 unspecified atom stereocenters. The molecule has 114 valence electrons. The molecule has 0 fully saturated rings. The third-order valence-electron chi connectivity index (χ3n) is 3.26. The van der Waals surface area contributed by atoms with Gasteiger partial charge in [0.1, 0.15) is 0 Å². The van der Waals surface area contributed by atoms with E-state index < -0.39 is 0 Å². The molecule has 1 aromatic heterocycles. The van der Waals surface area contributed by atoms with E-state index in [4.69, 9.17) is 5.73 Å². The second-order valence-electron chi connectivity index (χ2n) is 4.80. The predicted molar refractivity (Wildman–Crippen MR) is 106 cm³/mol. The Kier molecular flexibility index (Phi) is 5.33. The van der Waals surface area contributed by atoms with Gasteiger partial charge in [0, 0.05) is 50.6 Å². The summed E-state index contributed by atoms with van der Waals surface area (Å²) in [5.41, 5.74) is 9.47. The molecule has 3 aromatic rings. The number of halogens is 1. The molecule has 0 atom stereocenters. The Hall–Kier alpha value is -1.82. The molecule has 0 radical (unpaired) electrons. The van der Waals surface area contributed by atoms with Crippen LogP contribution in [0, 0.1) is 11.2 Å². The number of nitrogens with zero attached hydrogens (tertiary/aromatic N) is 2. The lowest BCUT2D eigenvalue weighted by atomic mass is 10.1. The number of nitrogens with two attached hydrogens (primary N) is 1. The monoisotopic (exact) mass is 432 g/mol. The summed E-state index contributed by atoms with van der Waals surface area (Å²) in [6.07, 6.45) is 1.81. The summed E-state index contributed by atoms with van der Waals surface area (Å²) in [5, 5.41) is 7.15. The first kappa shape index (κ1) is 16.1. The normalized spacial score (nSPS) is 10.2. The molecule has 0 aliphatic heterocycles. The number of nitrogens with one attached hydrogen (secondary N) is 1. The fourth-order valence-electron chi connectivity index (χ4n) is 2.10. The van der Waals surface area contributed by atoms with Crippen molar-refractivity contribution in [3.63, 3.8) is 0 Å². The molecule has 0 spiro atoms. The van der Waals surface area contributed by atoms with Gasteiger partial charge in [-0.3, -0.25) is 0 Å². The molecule has 0 amide bonds. The highest BCUT2D eigenvalue weighted by Gasteiger charge is 2.02. The summed E-state index contributed by atoms with van der Waals surface area (Å²) >= 11 is 2.15. The topological polar surface area (TPSA) is 63.8 Å². The van der Waals surface area contributed by atoms with Crippen LogP contribution in [0.1, 0.15) is 11.1 Å². The Morgan fingerprint density at radius 3 is 2.74 bits per heavy atom. The zero-order valence-corrected chi connectivity index (χ0v) is 15.1. The van der Waals surface area contributed by atoms with Crippen LogP contribution in [0.4, 0.5) is 11.6 Å². The van der Waals surface area contributed by atoms with Crippen LogP contribution in [0.25, 0.3) is 10.9 Å². The lowest BCUT2D eigenvalue weighted by Gasteiger charge is -2.06. The second kappa shape index (κ2) is 7.64. The summed E-state index contributed by atoms with van der Waals surface area (Å²) in [5.74, 6) is 3.64. The Balaban J connectivity index is 1.84. The van der Waals surface area contributed by atoms with Gasteiger partial charge in [-0.25, -0.2) is 9.97 Å². The number of rotatable bonds is 3. The molecule has 23 heavy (non-hydrogen) atoms. The molecular formula is C17H13IN4S. The molecule has 6 heteroatoms. The van der Waals surface area contributed by atoms with E-state index in [1.54, 1.807) is 6.20 Å². The quantitative estimate of drug-likeness (QED) is 0.479. The Morgan fingerprint density at radius 2 is 2.00 bits per heavy atom. The van der Waals surface area contributed by atoms with E-state index in [1.165, 1.54) is 8.93 Å². The summed E-state index contributed by atoms with van der Waals surface area (Å²) in [6.45, 7) is 0.536. The summed E-state index contributed by atoms with van der Waals surface area (Å²) in [6, 6.07) is 13.8. The highest BCUT2D eigenvalue weighted by Crippen LogP contribution is 2.18. The lowest BCUT2D eigenvalue weighted by Crippen LogP contribution is -1.99. The maximum absolute atomic E-state index is 5.60. The number of benzene rings is 2. The van der Waals surface area contributed by atoms with Crippen molar-refractivity contribution in [3.05, 3.63) is 59.8 Å². The van der Waals surface area contributed by atoms with Crippen molar-refractivity contribution in [2.45, 2.75) is 6.54 Å². The van der Waals surface area contributed by atoms with Gasteiger partial charge in [0.25, 0.3) is 0 Å². The zero-order chi connectivity index (χ0) is 16.1. The van der Waals surface area contributed by atoms with Crippen molar-refractivity contribution in [1.82, 2.24) is 9.97 Å². The van der Waals surface area contributed by atoms with Crippen molar-refractivity contribution in [2.24, 2.45) is 5.73 Å². The fraction of sp³-hybridized carbons (Fsp3) is 0.0588. The molecule has 4 nitrogen and oxygen atoms in total. The molecule has 3 rings (SSSR count). The molecule has 0 saturated carbocycles. The van der Waals surface area contributed by atoms with Crippen LogP contribution >= 0.6 is 30.1 Å². The maximum Gasteiger partial charge on any atom is 0.227 e. The molecular weight excluding hydrogens is 419 g/mol. The largest absolute Gasteiger partial charge is 0.326 e. The van der Waals surface area contributed by atoms with Crippen molar-refractivity contribution < 1.29 is 0 Å². The van der Waals surface area contributed by atoms with E-state index in [1.807, 2.05) is 42.5 Å². The number of aromatic nitrogens is 2. The van der Waals surface area contributed by atoms with Crippen molar-refractivity contribution in [1.29, 1.82) is 0 Å². The Labute approximate surface area is 150 Å². The van der Waals surface area contributed by atoms with Gasteiger partial charge in [-0.05, 0) is 50.1 Å². The van der Waals surface area contributed by atoms with Gasteiger partial charge in [0.15, 0.2) is 0 Å². The minimum atomic E-state index is 0.536. The molecule has 0 saturated heterocycles. The standard InChI is InChI=1S/C17H13IN4S/c18-23-8-7-12-3-6-16-14(9-12)11-20-17(22-16)21-15-4-1-13(10-19)2-5-15/h1-6,9,11H,10,19H2,(H,20,21,22). The third kappa shape index (κ3) is 4.13. The minimum Gasteiger partial charge on any atom is -0.326 e. The molecule has 0 aliphatic carbocycles.